The fraction of sp³-hybridized carbons (Fsp3) is 0.889. The van der Waals surface area contributed by atoms with E-state index in [4.69, 9.17) is 10.5 Å². The minimum atomic E-state index is -0.660. The molecule has 14 heavy (non-hydrogen) atoms. The lowest BCUT2D eigenvalue weighted by molar-refractivity contribution is -0.123. The SMILES string of the molecule is CNCCOCCNC(C)(C)C(N)=O. The van der Waals surface area contributed by atoms with Gasteiger partial charge in [-0.15, -0.1) is 0 Å². The molecular formula is C9H21N3O2. The topological polar surface area (TPSA) is 76.4 Å². The van der Waals surface area contributed by atoms with Crippen LogP contribution in [-0.2, 0) is 9.53 Å². The normalized spacial score (nSPS) is 11.6. The molecule has 0 unspecified atom stereocenters. The summed E-state index contributed by atoms with van der Waals surface area (Å²) in [5, 5.41) is 5.99. The molecule has 0 aromatic rings. The average Bonchev–Trinajstić information content (AvgIpc) is 2.10. The number of hydrogen-bond donors (Lipinski definition) is 3. The number of ether oxygens (including phenoxy) is 1. The van der Waals surface area contributed by atoms with Gasteiger partial charge in [-0.2, -0.15) is 0 Å². The third-order valence-corrected chi connectivity index (χ3v) is 1.93. The highest BCUT2D eigenvalue weighted by atomic mass is 16.5. The van der Waals surface area contributed by atoms with Crippen molar-refractivity contribution in [1.29, 1.82) is 0 Å². The van der Waals surface area contributed by atoms with E-state index < -0.39 is 5.54 Å². The van der Waals surface area contributed by atoms with E-state index in [1.54, 1.807) is 13.8 Å². The Morgan fingerprint density at radius 3 is 2.43 bits per heavy atom. The van der Waals surface area contributed by atoms with E-state index in [1.165, 1.54) is 0 Å². The summed E-state index contributed by atoms with van der Waals surface area (Å²) in [5.41, 5.74) is 4.52. The van der Waals surface area contributed by atoms with Gasteiger partial charge >= 0.3 is 0 Å². The lowest BCUT2D eigenvalue weighted by Crippen LogP contribution is -2.51. The van der Waals surface area contributed by atoms with Crippen molar-refractivity contribution >= 4 is 5.91 Å². The first-order valence-corrected chi connectivity index (χ1v) is 4.78. The number of carbonyl (C=O) groups is 1. The lowest BCUT2D eigenvalue weighted by Gasteiger charge is -2.22. The Hall–Kier alpha value is -0.650. The van der Waals surface area contributed by atoms with Crippen LogP contribution in [0, 0.1) is 0 Å². The van der Waals surface area contributed by atoms with E-state index in [2.05, 4.69) is 10.6 Å². The van der Waals surface area contributed by atoms with Crippen molar-refractivity contribution in [2.75, 3.05) is 33.4 Å². The van der Waals surface area contributed by atoms with Crippen LogP contribution in [0.5, 0.6) is 0 Å². The highest BCUT2D eigenvalue weighted by Crippen LogP contribution is 1.98. The number of rotatable bonds is 8. The molecule has 5 heteroatoms. The van der Waals surface area contributed by atoms with E-state index >= 15 is 0 Å². The number of likely N-dealkylation sites (N-methyl/N-ethyl adjacent to an activating group) is 1. The molecule has 0 aromatic carbocycles. The maximum absolute atomic E-state index is 10.9. The van der Waals surface area contributed by atoms with Crippen LogP contribution in [0.1, 0.15) is 13.8 Å². The van der Waals surface area contributed by atoms with E-state index in [-0.39, 0.29) is 5.91 Å². The molecule has 0 atom stereocenters. The molecule has 0 aliphatic carbocycles. The summed E-state index contributed by atoms with van der Waals surface area (Å²) in [6.45, 7) is 6.22. The Kier molecular flexibility index (Phi) is 6.44. The number of primary amides is 1. The monoisotopic (exact) mass is 203 g/mol. The second-order valence-electron chi connectivity index (χ2n) is 3.63. The smallest absolute Gasteiger partial charge is 0.237 e. The van der Waals surface area contributed by atoms with Gasteiger partial charge in [-0.05, 0) is 20.9 Å². The molecule has 4 N–H and O–H groups in total. The van der Waals surface area contributed by atoms with Gasteiger partial charge in [0.2, 0.25) is 5.91 Å². The first-order valence-electron chi connectivity index (χ1n) is 4.78. The Labute approximate surface area is 85.4 Å². The second-order valence-corrected chi connectivity index (χ2v) is 3.63. The van der Waals surface area contributed by atoms with Gasteiger partial charge in [-0.1, -0.05) is 0 Å². The van der Waals surface area contributed by atoms with Crippen molar-refractivity contribution < 1.29 is 9.53 Å². The Balaban J connectivity index is 3.40. The molecule has 0 radical (unpaired) electrons. The maximum Gasteiger partial charge on any atom is 0.237 e. The predicted octanol–water partition coefficient (Wildman–Crippen LogP) is -0.924. The minimum Gasteiger partial charge on any atom is -0.379 e. The standard InChI is InChI=1S/C9H21N3O2/c1-9(2,8(10)13)12-5-7-14-6-4-11-3/h11-12H,4-7H2,1-3H3,(H2,10,13). The minimum absolute atomic E-state index is 0.354. The highest BCUT2D eigenvalue weighted by molar-refractivity contribution is 5.83. The average molecular weight is 203 g/mol. The molecule has 0 saturated carbocycles. The molecule has 0 heterocycles. The van der Waals surface area contributed by atoms with Gasteiger partial charge in [0.05, 0.1) is 18.8 Å². The third kappa shape index (κ3) is 5.90. The zero-order chi connectivity index (χ0) is 11.0. The Morgan fingerprint density at radius 1 is 1.36 bits per heavy atom. The quantitative estimate of drug-likeness (QED) is 0.446. The predicted molar refractivity (Wildman–Crippen MR) is 56.0 cm³/mol. The summed E-state index contributed by atoms with van der Waals surface area (Å²) in [4.78, 5) is 10.9. The fourth-order valence-electron chi connectivity index (χ4n) is 0.799. The van der Waals surface area contributed by atoms with Crippen LogP contribution in [0.2, 0.25) is 0 Å². The van der Waals surface area contributed by atoms with Crippen LogP contribution < -0.4 is 16.4 Å². The summed E-state index contributed by atoms with van der Waals surface area (Å²) in [7, 11) is 1.87. The highest BCUT2D eigenvalue weighted by Gasteiger charge is 2.23. The van der Waals surface area contributed by atoms with Crippen molar-refractivity contribution in [2.24, 2.45) is 5.73 Å². The van der Waals surface area contributed by atoms with Gasteiger partial charge in [0, 0.05) is 13.1 Å². The van der Waals surface area contributed by atoms with Gasteiger partial charge in [0.15, 0.2) is 0 Å². The van der Waals surface area contributed by atoms with E-state index in [9.17, 15) is 4.79 Å². The van der Waals surface area contributed by atoms with Crippen LogP contribution in [0.4, 0.5) is 0 Å². The van der Waals surface area contributed by atoms with Crippen LogP contribution >= 0.6 is 0 Å². The molecule has 5 nitrogen and oxygen atoms in total. The van der Waals surface area contributed by atoms with Crippen molar-refractivity contribution in [3.63, 3.8) is 0 Å². The molecule has 0 aliphatic rings. The second kappa shape index (κ2) is 6.75. The van der Waals surface area contributed by atoms with Crippen molar-refractivity contribution in [3.05, 3.63) is 0 Å². The number of carbonyl (C=O) groups excluding carboxylic acids is 1. The molecule has 0 rings (SSSR count). The van der Waals surface area contributed by atoms with Gasteiger partial charge < -0.3 is 21.1 Å². The Bertz CT molecular complexity index is 171. The van der Waals surface area contributed by atoms with E-state index in [0.717, 1.165) is 6.54 Å². The Morgan fingerprint density at radius 2 is 1.93 bits per heavy atom. The molecular weight excluding hydrogens is 182 g/mol. The molecule has 0 spiro atoms. The summed E-state index contributed by atoms with van der Waals surface area (Å²) < 4.78 is 5.27. The molecule has 0 saturated heterocycles. The maximum atomic E-state index is 10.9. The molecule has 0 aliphatic heterocycles. The van der Waals surface area contributed by atoms with Crippen LogP contribution in [-0.4, -0.2) is 44.8 Å². The molecule has 1 amide bonds. The summed E-state index contributed by atoms with van der Waals surface area (Å²) >= 11 is 0. The van der Waals surface area contributed by atoms with Gasteiger partial charge in [-0.25, -0.2) is 0 Å². The lowest BCUT2D eigenvalue weighted by atomic mass is 10.1. The largest absolute Gasteiger partial charge is 0.379 e. The van der Waals surface area contributed by atoms with Crippen LogP contribution in [0.3, 0.4) is 0 Å². The van der Waals surface area contributed by atoms with Crippen molar-refractivity contribution in [3.8, 4) is 0 Å². The first kappa shape index (κ1) is 13.4. The van der Waals surface area contributed by atoms with Crippen LogP contribution in [0.15, 0.2) is 0 Å². The number of amides is 1. The molecule has 0 aromatic heterocycles. The number of hydrogen-bond acceptors (Lipinski definition) is 4. The fourth-order valence-corrected chi connectivity index (χ4v) is 0.799. The van der Waals surface area contributed by atoms with Gasteiger partial charge in [0.1, 0.15) is 0 Å². The molecule has 84 valence electrons. The summed E-state index contributed by atoms with van der Waals surface area (Å²) in [6, 6.07) is 0. The molecule has 0 fully saturated rings. The van der Waals surface area contributed by atoms with E-state index in [1.807, 2.05) is 7.05 Å². The zero-order valence-electron chi connectivity index (χ0n) is 9.22. The van der Waals surface area contributed by atoms with Gasteiger partial charge in [-0.3, -0.25) is 4.79 Å². The molecule has 0 bridgehead atoms. The summed E-state index contributed by atoms with van der Waals surface area (Å²) in [6.07, 6.45) is 0. The third-order valence-electron chi connectivity index (χ3n) is 1.93. The van der Waals surface area contributed by atoms with Crippen molar-refractivity contribution in [1.82, 2.24) is 10.6 Å². The van der Waals surface area contributed by atoms with Gasteiger partial charge in [0.25, 0.3) is 0 Å². The first-order chi connectivity index (χ1) is 6.50. The van der Waals surface area contributed by atoms with E-state index in [0.29, 0.717) is 19.8 Å². The number of nitrogens with two attached hydrogens (primary N) is 1. The zero-order valence-corrected chi connectivity index (χ0v) is 9.22. The van der Waals surface area contributed by atoms with Crippen LogP contribution in [0.25, 0.3) is 0 Å². The van der Waals surface area contributed by atoms with Crippen molar-refractivity contribution in [2.45, 2.75) is 19.4 Å². The number of nitrogens with one attached hydrogen (secondary N) is 2. The summed E-state index contributed by atoms with van der Waals surface area (Å²) in [5.74, 6) is -0.354.